The standard InChI is InChI=1S/C15H24N2O2S2/c1-4-6-15(7-8-15)9-17-13-11(20-3)10(16)12(21-13)14(18)19-5-2/h17H,4-9,16H2,1-3H3. The summed E-state index contributed by atoms with van der Waals surface area (Å²) in [6, 6.07) is 0. The van der Waals surface area contributed by atoms with Crippen LogP contribution in [0.4, 0.5) is 10.7 Å². The summed E-state index contributed by atoms with van der Waals surface area (Å²) in [5.74, 6) is -0.321. The quantitative estimate of drug-likeness (QED) is 0.552. The number of hydrogen-bond donors (Lipinski definition) is 2. The van der Waals surface area contributed by atoms with Gasteiger partial charge >= 0.3 is 5.97 Å². The van der Waals surface area contributed by atoms with Crippen LogP contribution in [0.3, 0.4) is 0 Å². The average molecular weight is 329 g/mol. The fourth-order valence-corrected chi connectivity index (χ4v) is 4.51. The molecule has 0 amide bonds. The number of carbonyl (C=O) groups is 1. The highest BCUT2D eigenvalue weighted by Gasteiger charge is 2.41. The maximum absolute atomic E-state index is 11.9. The number of nitrogens with two attached hydrogens (primary N) is 1. The predicted molar refractivity (Wildman–Crippen MR) is 91.5 cm³/mol. The minimum Gasteiger partial charge on any atom is -0.462 e. The van der Waals surface area contributed by atoms with Gasteiger partial charge in [-0.25, -0.2) is 4.79 Å². The first-order valence-corrected chi connectivity index (χ1v) is 9.48. The van der Waals surface area contributed by atoms with Gasteiger partial charge in [-0.15, -0.1) is 23.1 Å². The minimum absolute atomic E-state index is 0.321. The van der Waals surface area contributed by atoms with Crippen LogP contribution in [0, 0.1) is 5.41 Å². The molecule has 6 heteroatoms. The summed E-state index contributed by atoms with van der Waals surface area (Å²) < 4.78 is 5.07. The van der Waals surface area contributed by atoms with Crippen LogP contribution in [-0.4, -0.2) is 25.4 Å². The van der Waals surface area contributed by atoms with Gasteiger partial charge in [0, 0.05) is 6.54 Å². The molecule has 1 heterocycles. The first kappa shape index (κ1) is 16.5. The molecule has 0 saturated heterocycles. The van der Waals surface area contributed by atoms with Crippen molar-refractivity contribution in [3.8, 4) is 0 Å². The lowest BCUT2D eigenvalue weighted by atomic mass is 10.0. The molecule has 0 atom stereocenters. The van der Waals surface area contributed by atoms with Gasteiger partial charge in [-0.1, -0.05) is 13.3 Å². The van der Waals surface area contributed by atoms with Crippen molar-refractivity contribution in [1.82, 2.24) is 0 Å². The lowest BCUT2D eigenvalue weighted by Gasteiger charge is -2.15. The first-order chi connectivity index (χ1) is 10.1. The van der Waals surface area contributed by atoms with E-state index >= 15 is 0 Å². The van der Waals surface area contributed by atoms with Gasteiger partial charge in [0.15, 0.2) is 0 Å². The second-order valence-electron chi connectivity index (χ2n) is 5.53. The molecule has 3 N–H and O–H groups in total. The molecule has 21 heavy (non-hydrogen) atoms. The Morgan fingerprint density at radius 2 is 2.19 bits per heavy atom. The maximum atomic E-state index is 11.9. The first-order valence-electron chi connectivity index (χ1n) is 7.44. The summed E-state index contributed by atoms with van der Waals surface area (Å²) in [6.45, 7) is 5.37. The van der Waals surface area contributed by atoms with E-state index in [-0.39, 0.29) is 5.97 Å². The van der Waals surface area contributed by atoms with Crippen LogP contribution in [0.25, 0.3) is 0 Å². The fraction of sp³-hybridized carbons (Fsp3) is 0.667. The smallest absolute Gasteiger partial charge is 0.350 e. The van der Waals surface area contributed by atoms with Gasteiger partial charge in [0.25, 0.3) is 0 Å². The summed E-state index contributed by atoms with van der Waals surface area (Å²) in [4.78, 5) is 13.4. The molecule has 1 aromatic rings. The van der Waals surface area contributed by atoms with Crippen LogP contribution in [0.15, 0.2) is 4.90 Å². The van der Waals surface area contributed by atoms with Gasteiger partial charge in [-0.05, 0) is 37.9 Å². The van der Waals surface area contributed by atoms with Crippen molar-refractivity contribution in [3.05, 3.63) is 4.88 Å². The van der Waals surface area contributed by atoms with Crippen LogP contribution in [0.1, 0.15) is 49.2 Å². The Labute approximate surface area is 134 Å². The number of nitrogens with one attached hydrogen (secondary N) is 1. The average Bonchev–Trinajstić information content (AvgIpc) is 3.14. The molecule has 4 nitrogen and oxygen atoms in total. The van der Waals surface area contributed by atoms with Gasteiger partial charge in [0.05, 0.1) is 17.2 Å². The number of anilines is 2. The molecule has 0 radical (unpaired) electrons. The zero-order chi connectivity index (χ0) is 15.5. The Kier molecular flexibility index (Phi) is 5.43. The second kappa shape index (κ2) is 6.92. The third-order valence-corrected chi connectivity index (χ3v) is 6.03. The molecule has 0 aliphatic heterocycles. The molecule has 118 valence electrons. The summed E-state index contributed by atoms with van der Waals surface area (Å²) in [6.07, 6.45) is 7.07. The Morgan fingerprint density at radius 1 is 1.48 bits per heavy atom. The van der Waals surface area contributed by atoms with Crippen LogP contribution < -0.4 is 11.1 Å². The topological polar surface area (TPSA) is 64.3 Å². The van der Waals surface area contributed by atoms with Crippen molar-refractivity contribution in [3.63, 3.8) is 0 Å². The highest BCUT2D eigenvalue weighted by atomic mass is 32.2. The van der Waals surface area contributed by atoms with E-state index in [0.717, 1.165) is 16.4 Å². The van der Waals surface area contributed by atoms with Gasteiger partial charge < -0.3 is 15.8 Å². The number of ether oxygens (including phenoxy) is 1. The monoisotopic (exact) mass is 328 g/mol. The molecular weight excluding hydrogens is 304 g/mol. The molecule has 1 saturated carbocycles. The molecule has 0 spiro atoms. The molecular formula is C15H24N2O2S2. The van der Waals surface area contributed by atoms with Crippen molar-refractivity contribution in [2.45, 2.75) is 44.4 Å². The van der Waals surface area contributed by atoms with Crippen LogP contribution in [0.5, 0.6) is 0 Å². The number of hydrogen-bond acceptors (Lipinski definition) is 6. The van der Waals surface area contributed by atoms with Gasteiger partial charge in [0.1, 0.15) is 9.88 Å². The third-order valence-electron chi connectivity index (χ3n) is 3.93. The minimum atomic E-state index is -0.321. The van der Waals surface area contributed by atoms with E-state index < -0.39 is 0 Å². The summed E-state index contributed by atoms with van der Waals surface area (Å²) in [5.41, 5.74) is 7.12. The lowest BCUT2D eigenvalue weighted by molar-refractivity contribution is 0.0533. The van der Waals surface area contributed by atoms with E-state index in [4.69, 9.17) is 10.5 Å². The molecule has 1 aromatic heterocycles. The van der Waals surface area contributed by atoms with Crippen LogP contribution in [0.2, 0.25) is 0 Å². The van der Waals surface area contributed by atoms with Gasteiger partial charge in [0.2, 0.25) is 0 Å². The predicted octanol–water partition coefficient (Wildman–Crippen LogP) is 4.22. The lowest BCUT2D eigenvalue weighted by Crippen LogP contribution is -2.14. The SMILES string of the molecule is CCCC1(CNc2sc(C(=O)OCC)c(N)c2SC)CC1. The Morgan fingerprint density at radius 3 is 2.71 bits per heavy atom. The summed E-state index contributed by atoms with van der Waals surface area (Å²) >= 11 is 2.99. The maximum Gasteiger partial charge on any atom is 0.350 e. The molecule has 0 unspecified atom stereocenters. The highest BCUT2D eigenvalue weighted by Crippen LogP contribution is 2.50. The van der Waals surface area contributed by atoms with E-state index in [2.05, 4.69) is 12.2 Å². The number of rotatable bonds is 8. The summed E-state index contributed by atoms with van der Waals surface area (Å²) in [7, 11) is 0. The van der Waals surface area contributed by atoms with E-state index in [1.54, 1.807) is 18.7 Å². The van der Waals surface area contributed by atoms with E-state index in [0.29, 0.717) is 22.6 Å². The molecule has 0 bridgehead atoms. The molecule has 1 aliphatic carbocycles. The number of thiophene rings is 1. The number of thioether (sulfide) groups is 1. The van der Waals surface area contributed by atoms with Gasteiger partial charge in [-0.3, -0.25) is 0 Å². The van der Waals surface area contributed by atoms with Crippen molar-refractivity contribution >= 4 is 39.8 Å². The fourth-order valence-electron chi connectivity index (χ4n) is 2.59. The molecule has 1 fully saturated rings. The van der Waals surface area contributed by atoms with Crippen molar-refractivity contribution in [2.24, 2.45) is 5.41 Å². The molecule has 1 aliphatic rings. The zero-order valence-electron chi connectivity index (χ0n) is 13.0. The Hall–Kier alpha value is -0.880. The van der Waals surface area contributed by atoms with E-state index in [1.807, 2.05) is 6.26 Å². The largest absolute Gasteiger partial charge is 0.462 e. The van der Waals surface area contributed by atoms with Crippen molar-refractivity contribution in [2.75, 3.05) is 30.5 Å². The van der Waals surface area contributed by atoms with Gasteiger partial charge in [-0.2, -0.15) is 0 Å². The van der Waals surface area contributed by atoms with Crippen LogP contribution >= 0.6 is 23.1 Å². The Balaban J connectivity index is 2.12. The third kappa shape index (κ3) is 3.66. The summed E-state index contributed by atoms with van der Waals surface area (Å²) in [5, 5.41) is 4.52. The second-order valence-corrected chi connectivity index (χ2v) is 7.37. The normalized spacial score (nSPS) is 15.8. The number of carbonyl (C=O) groups excluding carboxylic acids is 1. The molecule has 0 aromatic carbocycles. The van der Waals surface area contributed by atoms with E-state index in [1.165, 1.54) is 37.0 Å². The van der Waals surface area contributed by atoms with Crippen molar-refractivity contribution < 1.29 is 9.53 Å². The number of nitrogen functional groups attached to an aromatic ring is 1. The Bertz CT molecular complexity index is 510. The van der Waals surface area contributed by atoms with Crippen LogP contribution in [-0.2, 0) is 4.74 Å². The highest BCUT2D eigenvalue weighted by molar-refractivity contribution is 7.99. The van der Waals surface area contributed by atoms with E-state index in [9.17, 15) is 4.79 Å². The number of esters is 1. The van der Waals surface area contributed by atoms with Crippen molar-refractivity contribution in [1.29, 1.82) is 0 Å². The molecule has 2 rings (SSSR count). The zero-order valence-corrected chi connectivity index (χ0v) is 14.6.